The maximum absolute atomic E-state index is 12.2. The topological polar surface area (TPSA) is 29.1 Å². The SMILES string of the molecule is O=C(NCCSc1ccccc1)c1ccc(C2SCCCS2)cc1. The van der Waals surface area contributed by atoms with Crippen LogP contribution in [0.15, 0.2) is 59.5 Å². The van der Waals surface area contributed by atoms with Crippen molar-refractivity contribution in [2.75, 3.05) is 23.8 Å². The summed E-state index contributed by atoms with van der Waals surface area (Å²) >= 11 is 5.77. The minimum Gasteiger partial charge on any atom is -0.351 e. The number of benzene rings is 2. The molecule has 0 atom stereocenters. The van der Waals surface area contributed by atoms with Crippen molar-refractivity contribution in [2.45, 2.75) is 15.9 Å². The molecule has 0 bridgehead atoms. The zero-order chi connectivity index (χ0) is 16.6. The van der Waals surface area contributed by atoms with Gasteiger partial charge in [-0.1, -0.05) is 30.3 Å². The highest BCUT2D eigenvalue weighted by Crippen LogP contribution is 2.43. The molecular formula is C19H21NOS3. The first-order chi connectivity index (χ1) is 11.8. The van der Waals surface area contributed by atoms with Gasteiger partial charge in [-0.2, -0.15) is 0 Å². The van der Waals surface area contributed by atoms with Crippen molar-refractivity contribution in [2.24, 2.45) is 0 Å². The third-order valence-electron chi connectivity index (χ3n) is 3.67. The molecule has 24 heavy (non-hydrogen) atoms. The maximum Gasteiger partial charge on any atom is 0.251 e. The molecule has 3 rings (SSSR count). The van der Waals surface area contributed by atoms with Crippen molar-refractivity contribution >= 4 is 41.2 Å². The zero-order valence-corrected chi connectivity index (χ0v) is 15.9. The lowest BCUT2D eigenvalue weighted by atomic mass is 10.1. The van der Waals surface area contributed by atoms with Crippen molar-refractivity contribution in [3.8, 4) is 0 Å². The van der Waals surface area contributed by atoms with E-state index in [-0.39, 0.29) is 5.91 Å². The van der Waals surface area contributed by atoms with E-state index in [0.29, 0.717) is 11.1 Å². The van der Waals surface area contributed by atoms with Crippen LogP contribution in [0.3, 0.4) is 0 Å². The molecule has 0 radical (unpaired) electrons. The van der Waals surface area contributed by atoms with Gasteiger partial charge >= 0.3 is 0 Å². The maximum atomic E-state index is 12.2. The molecule has 1 saturated heterocycles. The van der Waals surface area contributed by atoms with Crippen LogP contribution in [0.4, 0.5) is 0 Å². The molecule has 1 amide bonds. The van der Waals surface area contributed by atoms with Gasteiger partial charge in [0.05, 0.1) is 4.58 Å². The molecule has 2 nitrogen and oxygen atoms in total. The van der Waals surface area contributed by atoms with Crippen LogP contribution in [0.2, 0.25) is 0 Å². The molecule has 0 aromatic heterocycles. The van der Waals surface area contributed by atoms with Gasteiger partial charge in [-0.05, 0) is 47.8 Å². The van der Waals surface area contributed by atoms with Gasteiger partial charge in [-0.25, -0.2) is 0 Å². The van der Waals surface area contributed by atoms with Gasteiger partial charge in [-0.3, -0.25) is 4.79 Å². The van der Waals surface area contributed by atoms with Gasteiger partial charge in [0.25, 0.3) is 5.91 Å². The molecule has 126 valence electrons. The molecule has 0 spiro atoms. The molecule has 2 aromatic carbocycles. The van der Waals surface area contributed by atoms with Gasteiger partial charge in [0.1, 0.15) is 0 Å². The fraction of sp³-hybridized carbons (Fsp3) is 0.316. The van der Waals surface area contributed by atoms with E-state index >= 15 is 0 Å². The van der Waals surface area contributed by atoms with E-state index in [9.17, 15) is 4.79 Å². The van der Waals surface area contributed by atoms with Crippen molar-refractivity contribution in [3.63, 3.8) is 0 Å². The quantitative estimate of drug-likeness (QED) is 0.563. The normalized spacial score (nSPS) is 15.2. The highest BCUT2D eigenvalue weighted by molar-refractivity contribution is 8.16. The monoisotopic (exact) mass is 375 g/mol. The third kappa shape index (κ3) is 5.23. The average molecular weight is 376 g/mol. The Kier molecular flexibility index (Phi) is 6.99. The zero-order valence-electron chi connectivity index (χ0n) is 13.4. The van der Waals surface area contributed by atoms with E-state index in [1.54, 1.807) is 11.8 Å². The first kappa shape index (κ1) is 17.8. The van der Waals surface area contributed by atoms with Gasteiger partial charge in [0.15, 0.2) is 0 Å². The molecule has 0 saturated carbocycles. The summed E-state index contributed by atoms with van der Waals surface area (Å²) in [6.45, 7) is 0.675. The molecule has 1 aliphatic heterocycles. The van der Waals surface area contributed by atoms with Gasteiger partial charge in [0.2, 0.25) is 0 Å². The van der Waals surface area contributed by atoms with Gasteiger partial charge in [-0.15, -0.1) is 35.3 Å². The average Bonchev–Trinajstić information content (AvgIpc) is 2.67. The molecule has 0 unspecified atom stereocenters. The number of hydrogen-bond acceptors (Lipinski definition) is 4. The van der Waals surface area contributed by atoms with Crippen LogP contribution in [-0.4, -0.2) is 29.7 Å². The predicted octanol–water partition coefficient (Wildman–Crippen LogP) is 5.08. The number of carbonyl (C=O) groups is 1. The standard InChI is InChI=1S/C19H21NOS3/c21-18(20-11-14-22-17-5-2-1-3-6-17)15-7-9-16(10-8-15)19-23-12-4-13-24-19/h1-3,5-10,19H,4,11-14H2,(H,20,21). The minimum atomic E-state index is 0.0131. The largest absolute Gasteiger partial charge is 0.351 e. The Balaban J connectivity index is 1.44. The summed E-state index contributed by atoms with van der Waals surface area (Å²) in [5, 5.41) is 3.00. The fourth-order valence-electron chi connectivity index (χ4n) is 2.42. The summed E-state index contributed by atoms with van der Waals surface area (Å²) in [4.78, 5) is 13.4. The molecule has 0 aliphatic carbocycles. The predicted molar refractivity (Wildman–Crippen MR) is 108 cm³/mol. The van der Waals surface area contributed by atoms with Crippen LogP contribution >= 0.6 is 35.3 Å². The number of rotatable bonds is 6. The number of nitrogens with one attached hydrogen (secondary N) is 1. The lowest BCUT2D eigenvalue weighted by Crippen LogP contribution is -2.25. The Bertz CT molecular complexity index is 639. The summed E-state index contributed by atoms with van der Waals surface area (Å²) in [5.41, 5.74) is 2.06. The van der Waals surface area contributed by atoms with E-state index in [1.165, 1.54) is 28.4 Å². The van der Waals surface area contributed by atoms with Crippen LogP contribution in [0, 0.1) is 0 Å². The first-order valence-corrected chi connectivity index (χ1v) is 11.2. The Hall–Kier alpha value is -1.04. The van der Waals surface area contributed by atoms with Crippen LogP contribution in [0.1, 0.15) is 26.9 Å². The highest BCUT2D eigenvalue weighted by atomic mass is 32.2. The highest BCUT2D eigenvalue weighted by Gasteiger charge is 2.16. The summed E-state index contributed by atoms with van der Waals surface area (Å²) in [7, 11) is 0. The smallest absolute Gasteiger partial charge is 0.251 e. The second-order valence-corrected chi connectivity index (χ2v) is 9.36. The number of amides is 1. The number of thioether (sulfide) groups is 3. The third-order valence-corrected chi connectivity index (χ3v) is 7.70. The summed E-state index contributed by atoms with van der Waals surface area (Å²) < 4.78 is 0.526. The summed E-state index contributed by atoms with van der Waals surface area (Å²) in [6.07, 6.45) is 1.30. The number of carbonyl (C=O) groups excluding carboxylic acids is 1. The Morgan fingerprint density at radius 2 is 1.75 bits per heavy atom. The first-order valence-electron chi connectivity index (χ1n) is 8.12. The second kappa shape index (κ2) is 9.44. The van der Waals surface area contributed by atoms with E-state index < -0.39 is 0 Å². The summed E-state index contributed by atoms with van der Waals surface area (Å²) in [6, 6.07) is 18.4. The van der Waals surface area contributed by atoms with E-state index in [2.05, 4.69) is 29.6 Å². The van der Waals surface area contributed by atoms with Crippen molar-refractivity contribution in [1.82, 2.24) is 5.32 Å². The minimum absolute atomic E-state index is 0.0131. The Morgan fingerprint density at radius 1 is 1.04 bits per heavy atom. The second-order valence-electron chi connectivity index (χ2n) is 5.47. The molecule has 1 heterocycles. The van der Waals surface area contributed by atoms with E-state index in [4.69, 9.17) is 0 Å². The van der Waals surface area contributed by atoms with Crippen molar-refractivity contribution in [1.29, 1.82) is 0 Å². The molecule has 5 heteroatoms. The van der Waals surface area contributed by atoms with Gasteiger partial charge in [0, 0.05) is 22.8 Å². The van der Waals surface area contributed by atoms with Gasteiger partial charge < -0.3 is 5.32 Å². The molecule has 1 N–H and O–H groups in total. The van der Waals surface area contributed by atoms with E-state index in [0.717, 1.165) is 11.3 Å². The lowest BCUT2D eigenvalue weighted by molar-refractivity contribution is 0.0956. The van der Waals surface area contributed by atoms with Crippen LogP contribution in [-0.2, 0) is 0 Å². The van der Waals surface area contributed by atoms with E-state index in [1.807, 2.05) is 53.9 Å². The van der Waals surface area contributed by atoms with Crippen molar-refractivity contribution < 1.29 is 4.79 Å². The summed E-state index contributed by atoms with van der Waals surface area (Å²) in [5.74, 6) is 3.36. The number of hydrogen-bond donors (Lipinski definition) is 1. The van der Waals surface area contributed by atoms with Crippen LogP contribution in [0.25, 0.3) is 0 Å². The van der Waals surface area contributed by atoms with Crippen LogP contribution < -0.4 is 5.32 Å². The molecule has 2 aromatic rings. The molecule has 1 fully saturated rings. The van der Waals surface area contributed by atoms with Crippen LogP contribution in [0.5, 0.6) is 0 Å². The Morgan fingerprint density at radius 3 is 2.46 bits per heavy atom. The lowest BCUT2D eigenvalue weighted by Gasteiger charge is -2.21. The molecule has 1 aliphatic rings. The molecular weight excluding hydrogens is 354 g/mol. The fourth-order valence-corrected chi connectivity index (χ4v) is 6.11. The van der Waals surface area contributed by atoms with Crippen molar-refractivity contribution in [3.05, 3.63) is 65.7 Å². The Labute approximate surface area is 156 Å².